The van der Waals surface area contributed by atoms with Crippen LogP contribution in [0.3, 0.4) is 0 Å². The van der Waals surface area contributed by atoms with Crippen molar-refractivity contribution in [3.63, 3.8) is 0 Å². The number of unbranched alkanes of at least 4 members (excludes halogenated alkanes) is 1. The molecule has 0 aliphatic heterocycles. The van der Waals surface area contributed by atoms with Crippen molar-refractivity contribution in [2.45, 2.75) is 46.0 Å². The topological polar surface area (TPSA) is 29.3 Å². The molecule has 0 aromatic heterocycles. The first kappa shape index (κ1) is 15.0. The van der Waals surface area contributed by atoms with Gasteiger partial charge in [0.15, 0.2) is 0 Å². The molecule has 2 N–H and O–H groups in total. The van der Waals surface area contributed by atoms with E-state index in [1.165, 1.54) is 16.8 Å². The maximum atomic E-state index is 5.55. The minimum Gasteiger partial charge on any atom is -0.374 e. The maximum absolute atomic E-state index is 5.55. The van der Waals surface area contributed by atoms with Crippen LogP contribution in [0.4, 0.5) is 5.69 Å². The number of aryl methyl sites for hydroxylation is 1. The van der Waals surface area contributed by atoms with Crippen LogP contribution in [0.2, 0.25) is 0 Å². The Hall–Kier alpha value is -1.02. The molecule has 102 valence electrons. The van der Waals surface area contributed by atoms with Gasteiger partial charge in [0.25, 0.3) is 0 Å². The van der Waals surface area contributed by atoms with E-state index in [-0.39, 0.29) is 5.41 Å². The van der Waals surface area contributed by atoms with Crippen LogP contribution in [0.25, 0.3) is 0 Å². The predicted octanol–water partition coefficient (Wildman–Crippen LogP) is 3.47. The Morgan fingerprint density at radius 3 is 2.39 bits per heavy atom. The lowest BCUT2D eigenvalue weighted by Crippen LogP contribution is -2.21. The molecule has 0 atom stereocenters. The van der Waals surface area contributed by atoms with Gasteiger partial charge in [-0.2, -0.15) is 0 Å². The van der Waals surface area contributed by atoms with Gasteiger partial charge in [0.1, 0.15) is 0 Å². The van der Waals surface area contributed by atoms with Gasteiger partial charge in [-0.3, -0.25) is 0 Å². The molecule has 0 saturated carbocycles. The Morgan fingerprint density at radius 1 is 1.17 bits per heavy atom. The summed E-state index contributed by atoms with van der Waals surface area (Å²) in [5.41, 5.74) is 9.84. The molecular formula is C16H28N2. The van der Waals surface area contributed by atoms with Crippen LogP contribution in [-0.4, -0.2) is 20.1 Å². The van der Waals surface area contributed by atoms with E-state index in [9.17, 15) is 0 Å². The first-order valence-corrected chi connectivity index (χ1v) is 6.88. The highest BCUT2D eigenvalue weighted by atomic mass is 15.1. The maximum Gasteiger partial charge on any atom is 0.0396 e. The zero-order valence-corrected chi connectivity index (χ0v) is 12.6. The molecule has 1 rings (SSSR count). The molecule has 0 saturated heterocycles. The molecular weight excluding hydrogens is 220 g/mol. The van der Waals surface area contributed by atoms with Gasteiger partial charge in [0, 0.05) is 19.3 Å². The lowest BCUT2D eigenvalue weighted by Gasteiger charge is -2.26. The second kappa shape index (κ2) is 6.24. The molecule has 0 aliphatic rings. The zero-order valence-electron chi connectivity index (χ0n) is 12.6. The molecule has 1 aromatic rings. The summed E-state index contributed by atoms with van der Waals surface area (Å²) in [5, 5.41) is 0. The van der Waals surface area contributed by atoms with Crippen LogP contribution in [0, 0.1) is 6.92 Å². The summed E-state index contributed by atoms with van der Waals surface area (Å²) in [4.78, 5) is 2.35. The largest absolute Gasteiger partial charge is 0.374 e. The summed E-state index contributed by atoms with van der Waals surface area (Å²) in [7, 11) is 2.17. The van der Waals surface area contributed by atoms with Gasteiger partial charge in [-0.25, -0.2) is 0 Å². The van der Waals surface area contributed by atoms with Gasteiger partial charge in [-0.1, -0.05) is 32.9 Å². The Balaban J connectivity index is 2.86. The van der Waals surface area contributed by atoms with Crippen molar-refractivity contribution in [3.8, 4) is 0 Å². The number of benzene rings is 1. The normalized spacial score (nSPS) is 11.7. The van der Waals surface area contributed by atoms with Crippen LogP contribution < -0.4 is 10.6 Å². The van der Waals surface area contributed by atoms with Crippen molar-refractivity contribution in [2.24, 2.45) is 5.73 Å². The zero-order chi connectivity index (χ0) is 13.8. The highest BCUT2D eigenvalue weighted by Gasteiger charge is 2.15. The Bertz CT molecular complexity index is 377. The monoisotopic (exact) mass is 248 g/mol. The van der Waals surface area contributed by atoms with E-state index in [0.717, 1.165) is 25.9 Å². The summed E-state index contributed by atoms with van der Waals surface area (Å²) in [6.07, 6.45) is 2.26. The summed E-state index contributed by atoms with van der Waals surface area (Å²) in [6.45, 7) is 10.8. The van der Waals surface area contributed by atoms with Crippen molar-refractivity contribution in [1.29, 1.82) is 0 Å². The molecule has 0 unspecified atom stereocenters. The molecule has 0 radical (unpaired) electrons. The van der Waals surface area contributed by atoms with E-state index in [2.05, 4.69) is 57.8 Å². The second-order valence-electron chi connectivity index (χ2n) is 6.17. The number of rotatable bonds is 5. The van der Waals surface area contributed by atoms with E-state index in [0.29, 0.717) is 0 Å². The summed E-state index contributed by atoms with van der Waals surface area (Å²) < 4.78 is 0. The van der Waals surface area contributed by atoms with Crippen molar-refractivity contribution in [1.82, 2.24) is 0 Å². The molecule has 0 heterocycles. The Kier molecular flexibility index (Phi) is 5.21. The van der Waals surface area contributed by atoms with Gasteiger partial charge in [-0.05, 0) is 48.9 Å². The fourth-order valence-corrected chi connectivity index (χ4v) is 2.10. The molecule has 0 aliphatic carbocycles. The van der Waals surface area contributed by atoms with E-state index < -0.39 is 0 Å². The van der Waals surface area contributed by atoms with Crippen molar-refractivity contribution < 1.29 is 0 Å². The average molecular weight is 248 g/mol. The number of hydrogen-bond acceptors (Lipinski definition) is 2. The number of hydrogen-bond donors (Lipinski definition) is 1. The minimum absolute atomic E-state index is 0.209. The highest BCUT2D eigenvalue weighted by molar-refractivity contribution is 5.55. The summed E-state index contributed by atoms with van der Waals surface area (Å²) in [5.74, 6) is 0. The van der Waals surface area contributed by atoms with Crippen molar-refractivity contribution >= 4 is 5.69 Å². The third kappa shape index (κ3) is 4.02. The SMILES string of the molecule is Cc1ccc(C(C)(C)C)cc1N(C)CCCCN. The number of nitrogens with zero attached hydrogens (tertiary/aromatic N) is 1. The molecule has 18 heavy (non-hydrogen) atoms. The standard InChI is InChI=1S/C16H28N2/c1-13-8-9-14(16(2,3)4)12-15(13)18(5)11-7-6-10-17/h8-9,12H,6-7,10-11,17H2,1-5H3. The highest BCUT2D eigenvalue weighted by Crippen LogP contribution is 2.28. The molecule has 0 amide bonds. The fourth-order valence-electron chi connectivity index (χ4n) is 2.10. The Labute approximate surface area is 112 Å². The molecule has 0 bridgehead atoms. The van der Waals surface area contributed by atoms with E-state index in [1.54, 1.807) is 0 Å². The fraction of sp³-hybridized carbons (Fsp3) is 0.625. The minimum atomic E-state index is 0.209. The van der Waals surface area contributed by atoms with Crippen LogP contribution >= 0.6 is 0 Å². The molecule has 1 aromatic carbocycles. The number of anilines is 1. The van der Waals surface area contributed by atoms with Gasteiger partial charge < -0.3 is 10.6 Å². The lowest BCUT2D eigenvalue weighted by molar-refractivity contribution is 0.589. The predicted molar refractivity (Wildman–Crippen MR) is 81.4 cm³/mol. The van der Waals surface area contributed by atoms with Gasteiger partial charge in [0.2, 0.25) is 0 Å². The molecule has 2 nitrogen and oxygen atoms in total. The van der Waals surface area contributed by atoms with Gasteiger partial charge in [-0.15, -0.1) is 0 Å². The van der Waals surface area contributed by atoms with Gasteiger partial charge >= 0.3 is 0 Å². The van der Waals surface area contributed by atoms with Crippen LogP contribution in [0.5, 0.6) is 0 Å². The smallest absolute Gasteiger partial charge is 0.0396 e. The third-order valence-electron chi connectivity index (χ3n) is 3.43. The van der Waals surface area contributed by atoms with E-state index >= 15 is 0 Å². The van der Waals surface area contributed by atoms with Crippen molar-refractivity contribution in [3.05, 3.63) is 29.3 Å². The summed E-state index contributed by atoms with van der Waals surface area (Å²) >= 11 is 0. The first-order chi connectivity index (χ1) is 8.36. The van der Waals surface area contributed by atoms with Gasteiger partial charge in [0.05, 0.1) is 0 Å². The first-order valence-electron chi connectivity index (χ1n) is 6.88. The lowest BCUT2D eigenvalue weighted by atomic mass is 9.86. The summed E-state index contributed by atoms with van der Waals surface area (Å²) in [6, 6.07) is 6.81. The van der Waals surface area contributed by atoms with E-state index in [4.69, 9.17) is 5.73 Å². The average Bonchev–Trinajstić information content (AvgIpc) is 2.28. The molecule has 2 heteroatoms. The second-order valence-corrected chi connectivity index (χ2v) is 6.17. The molecule has 0 fully saturated rings. The van der Waals surface area contributed by atoms with Crippen LogP contribution in [0.15, 0.2) is 18.2 Å². The number of nitrogens with two attached hydrogens (primary N) is 1. The van der Waals surface area contributed by atoms with Crippen LogP contribution in [-0.2, 0) is 5.41 Å². The van der Waals surface area contributed by atoms with Crippen molar-refractivity contribution in [2.75, 3.05) is 25.0 Å². The van der Waals surface area contributed by atoms with E-state index in [1.807, 2.05) is 0 Å². The van der Waals surface area contributed by atoms with Crippen LogP contribution in [0.1, 0.15) is 44.7 Å². The quantitative estimate of drug-likeness (QED) is 0.809. The molecule has 0 spiro atoms. The Morgan fingerprint density at radius 2 is 1.83 bits per heavy atom. The third-order valence-corrected chi connectivity index (χ3v) is 3.43.